The summed E-state index contributed by atoms with van der Waals surface area (Å²) in [6.07, 6.45) is 2.89. The fraction of sp³-hybridized carbons (Fsp3) is 0.385. The molecule has 0 amide bonds. The summed E-state index contributed by atoms with van der Waals surface area (Å²) in [6, 6.07) is 10.7. The number of halogens is 1. The standard InChI is InChI=1S/C13H15N3O.ClH/c1-2-4-10(5-3-1)6-7-12-15-13(17-16-12)11-8-9-14-11;/h1-5,11,14H,6-9H2;1H/t11-;/m1./s1. The predicted octanol–water partition coefficient (Wildman–Crippen LogP) is 2.31. The first-order chi connectivity index (χ1) is 8.42. The zero-order chi connectivity index (χ0) is 11.5. The highest BCUT2D eigenvalue weighted by atomic mass is 35.5. The molecule has 0 radical (unpaired) electrons. The minimum absolute atomic E-state index is 0. The van der Waals surface area contributed by atoms with Crippen molar-refractivity contribution in [3.63, 3.8) is 0 Å². The average Bonchev–Trinajstić information content (AvgIpc) is 2.74. The second-order valence-corrected chi connectivity index (χ2v) is 4.33. The minimum Gasteiger partial charge on any atom is -0.338 e. The molecule has 1 atom stereocenters. The van der Waals surface area contributed by atoms with Crippen LogP contribution in [0.15, 0.2) is 34.9 Å². The van der Waals surface area contributed by atoms with E-state index in [1.807, 2.05) is 6.07 Å². The van der Waals surface area contributed by atoms with Crippen molar-refractivity contribution in [2.75, 3.05) is 6.54 Å². The molecular weight excluding hydrogens is 250 g/mol. The van der Waals surface area contributed by atoms with Crippen LogP contribution in [0.2, 0.25) is 0 Å². The van der Waals surface area contributed by atoms with Crippen molar-refractivity contribution < 1.29 is 4.52 Å². The molecule has 0 bridgehead atoms. The van der Waals surface area contributed by atoms with Gasteiger partial charge in [-0.2, -0.15) is 4.98 Å². The summed E-state index contributed by atoms with van der Waals surface area (Å²) in [5.41, 5.74) is 1.31. The Hall–Kier alpha value is -1.39. The molecule has 2 heterocycles. The maximum absolute atomic E-state index is 5.23. The number of hydrogen-bond donors (Lipinski definition) is 1. The van der Waals surface area contributed by atoms with Crippen LogP contribution in [0.1, 0.15) is 29.7 Å². The van der Waals surface area contributed by atoms with Gasteiger partial charge < -0.3 is 9.84 Å². The highest BCUT2D eigenvalue weighted by molar-refractivity contribution is 5.85. The van der Waals surface area contributed by atoms with Gasteiger partial charge >= 0.3 is 0 Å². The Kier molecular flexibility index (Phi) is 4.33. The van der Waals surface area contributed by atoms with E-state index >= 15 is 0 Å². The Bertz CT molecular complexity index is 482. The van der Waals surface area contributed by atoms with E-state index in [4.69, 9.17) is 4.52 Å². The van der Waals surface area contributed by atoms with Crippen molar-refractivity contribution in [3.05, 3.63) is 47.6 Å². The summed E-state index contributed by atoms with van der Waals surface area (Å²) < 4.78 is 5.23. The van der Waals surface area contributed by atoms with Gasteiger partial charge in [-0.25, -0.2) is 0 Å². The third-order valence-electron chi connectivity index (χ3n) is 3.09. The van der Waals surface area contributed by atoms with Crippen molar-refractivity contribution in [1.29, 1.82) is 0 Å². The Balaban J connectivity index is 0.00000120. The molecule has 1 saturated heterocycles. The van der Waals surface area contributed by atoms with Crippen LogP contribution < -0.4 is 5.32 Å². The van der Waals surface area contributed by atoms with Crippen molar-refractivity contribution in [1.82, 2.24) is 15.5 Å². The lowest BCUT2D eigenvalue weighted by molar-refractivity contribution is 0.272. The largest absolute Gasteiger partial charge is 0.338 e. The summed E-state index contributed by atoms with van der Waals surface area (Å²) in [5, 5.41) is 7.26. The van der Waals surface area contributed by atoms with Gasteiger partial charge in [0.2, 0.25) is 5.89 Å². The van der Waals surface area contributed by atoms with Crippen LogP contribution in [-0.2, 0) is 12.8 Å². The summed E-state index contributed by atoms with van der Waals surface area (Å²) >= 11 is 0. The first-order valence-corrected chi connectivity index (χ1v) is 6.01. The lowest BCUT2D eigenvalue weighted by Gasteiger charge is -2.23. The molecule has 1 fully saturated rings. The molecule has 1 aromatic carbocycles. The zero-order valence-electron chi connectivity index (χ0n) is 10.0. The smallest absolute Gasteiger partial charge is 0.243 e. The summed E-state index contributed by atoms with van der Waals surface area (Å²) in [6.45, 7) is 1.05. The summed E-state index contributed by atoms with van der Waals surface area (Å²) in [5.74, 6) is 1.54. The Labute approximate surface area is 112 Å². The Morgan fingerprint density at radius 1 is 1.22 bits per heavy atom. The Morgan fingerprint density at radius 3 is 2.67 bits per heavy atom. The predicted molar refractivity (Wildman–Crippen MR) is 70.8 cm³/mol. The molecule has 1 aromatic heterocycles. The first-order valence-electron chi connectivity index (χ1n) is 6.01. The van der Waals surface area contributed by atoms with Crippen LogP contribution in [0.5, 0.6) is 0 Å². The number of nitrogens with one attached hydrogen (secondary N) is 1. The van der Waals surface area contributed by atoms with Crippen molar-refractivity contribution in [3.8, 4) is 0 Å². The van der Waals surface area contributed by atoms with E-state index in [0.717, 1.165) is 37.5 Å². The lowest BCUT2D eigenvalue weighted by atomic mass is 10.1. The maximum Gasteiger partial charge on any atom is 0.243 e. The van der Waals surface area contributed by atoms with Gasteiger partial charge in [0.15, 0.2) is 5.82 Å². The number of aromatic nitrogens is 2. The van der Waals surface area contributed by atoms with Crippen molar-refractivity contribution >= 4 is 12.4 Å². The van der Waals surface area contributed by atoms with Crippen LogP contribution in [-0.4, -0.2) is 16.7 Å². The zero-order valence-corrected chi connectivity index (χ0v) is 10.8. The van der Waals surface area contributed by atoms with E-state index in [0.29, 0.717) is 0 Å². The van der Waals surface area contributed by atoms with Gasteiger partial charge in [-0.05, 0) is 24.9 Å². The van der Waals surface area contributed by atoms with Gasteiger partial charge in [0, 0.05) is 6.42 Å². The van der Waals surface area contributed by atoms with E-state index in [9.17, 15) is 0 Å². The maximum atomic E-state index is 5.23. The van der Waals surface area contributed by atoms with Crippen LogP contribution in [0, 0.1) is 0 Å². The number of rotatable bonds is 4. The van der Waals surface area contributed by atoms with E-state index in [1.165, 1.54) is 5.56 Å². The molecule has 1 aliphatic rings. The van der Waals surface area contributed by atoms with Gasteiger partial charge in [-0.1, -0.05) is 35.5 Å². The molecule has 96 valence electrons. The molecule has 0 aliphatic carbocycles. The van der Waals surface area contributed by atoms with E-state index in [2.05, 4.69) is 39.7 Å². The summed E-state index contributed by atoms with van der Waals surface area (Å²) in [7, 11) is 0. The highest BCUT2D eigenvalue weighted by Gasteiger charge is 2.24. The highest BCUT2D eigenvalue weighted by Crippen LogP contribution is 2.20. The van der Waals surface area contributed by atoms with Gasteiger partial charge in [0.25, 0.3) is 0 Å². The van der Waals surface area contributed by atoms with Gasteiger partial charge in [0.05, 0.1) is 6.04 Å². The fourth-order valence-corrected chi connectivity index (χ4v) is 1.91. The first kappa shape index (κ1) is 13.1. The van der Waals surface area contributed by atoms with Gasteiger partial charge in [-0.3, -0.25) is 0 Å². The lowest BCUT2D eigenvalue weighted by Crippen LogP contribution is -2.35. The third kappa shape index (κ3) is 2.89. The number of benzene rings is 1. The number of hydrogen-bond acceptors (Lipinski definition) is 4. The normalized spacial score (nSPS) is 17.9. The van der Waals surface area contributed by atoms with Crippen LogP contribution in [0.4, 0.5) is 0 Å². The second-order valence-electron chi connectivity index (χ2n) is 4.33. The SMILES string of the molecule is Cl.c1ccc(CCc2noc([C@H]3CCN3)n2)cc1. The number of aryl methyl sites for hydroxylation is 2. The summed E-state index contributed by atoms with van der Waals surface area (Å²) in [4.78, 5) is 4.41. The molecule has 5 heteroatoms. The molecule has 18 heavy (non-hydrogen) atoms. The molecule has 1 aliphatic heterocycles. The molecule has 0 unspecified atom stereocenters. The fourth-order valence-electron chi connectivity index (χ4n) is 1.91. The quantitative estimate of drug-likeness (QED) is 0.922. The molecule has 4 nitrogen and oxygen atoms in total. The van der Waals surface area contributed by atoms with Crippen LogP contribution in [0.25, 0.3) is 0 Å². The van der Waals surface area contributed by atoms with Gasteiger partial charge in [0.1, 0.15) is 0 Å². The van der Waals surface area contributed by atoms with E-state index in [1.54, 1.807) is 0 Å². The van der Waals surface area contributed by atoms with Gasteiger partial charge in [-0.15, -0.1) is 12.4 Å². The van der Waals surface area contributed by atoms with Crippen LogP contribution in [0.3, 0.4) is 0 Å². The third-order valence-corrected chi connectivity index (χ3v) is 3.09. The van der Waals surface area contributed by atoms with E-state index < -0.39 is 0 Å². The molecule has 0 saturated carbocycles. The average molecular weight is 266 g/mol. The minimum atomic E-state index is 0. The topological polar surface area (TPSA) is 51.0 Å². The second kappa shape index (κ2) is 5.98. The molecule has 2 aromatic rings. The molecule has 3 rings (SSSR count). The van der Waals surface area contributed by atoms with Crippen LogP contribution >= 0.6 is 12.4 Å². The molecule has 0 spiro atoms. The van der Waals surface area contributed by atoms with Crippen molar-refractivity contribution in [2.45, 2.75) is 25.3 Å². The Morgan fingerprint density at radius 2 is 2.00 bits per heavy atom. The number of nitrogens with zero attached hydrogens (tertiary/aromatic N) is 2. The monoisotopic (exact) mass is 265 g/mol. The van der Waals surface area contributed by atoms with E-state index in [-0.39, 0.29) is 18.4 Å². The molecule has 1 N–H and O–H groups in total. The van der Waals surface area contributed by atoms with Crippen molar-refractivity contribution in [2.24, 2.45) is 0 Å². The molecular formula is C13H16ClN3O.